The number of nitrogens with zero attached hydrogens (tertiary/aromatic N) is 5. The first-order valence-corrected chi connectivity index (χ1v) is 16.6. The number of para-hydroxylation sites is 1. The average molecular weight is 637 g/mol. The molecule has 0 aliphatic carbocycles. The van der Waals surface area contributed by atoms with E-state index in [0.717, 1.165) is 43.4 Å². The number of halogens is 2. The minimum absolute atomic E-state index is 0.160. The van der Waals surface area contributed by atoms with E-state index >= 15 is 0 Å². The molecule has 3 heterocycles. The normalized spacial score (nSPS) is 16.3. The summed E-state index contributed by atoms with van der Waals surface area (Å²) in [5.74, 6) is 0.346. The predicted molar refractivity (Wildman–Crippen MR) is 166 cm³/mol. The third-order valence-corrected chi connectivity index (χ3v) is 9.41. The fourth-order valence-electron chi connectivity index (χ4n) is 5.00. The van der Waals surface area contributed by atoms with Crippen LogP contribution in [0.5, 0.6) is 0 Å². The van der Waals surface area contributed by atoms with Crippen LogP contribution in [0.25, 0.3) is 0 Å². The van der Waals surface area contributed by atoms with Crippen LogP contribution in [0.2, 0.25) is 10.0 Å². The minimum Gasteiger partial charge on any atom is -0.371 e. The van der Waals surface area contributed by atoms with Crippen molar-refractivity contribution in [3.8, 4) is 0 Å². The minimum atomic E-state index is -3.38. The lowest BCUT2D eigenvalue weighted by Gasteiger charge is -2.37. The number of aromatic nitrogens is 2. The number of anilines is 4. The second kappa shape index (κ2) is 12.3. The number of amides is 1. The molecular formula is C27H31Cl2N7O3S2. The van der Waals surface area contributed by atoms with Crippen molar-refractivity contribution in [3.63, 3.8) is 0 Å². The first kappa shape index (κ1) is 29.9. The van der Waals surface area contributed by atoms with E-state index in [4.69, 9.17) is 23.2 Å². The summed E-state index contributed by atoms with van der Waals surface area (Å²) in [6.07, 6.45) is 4.71. The summed E-state index contributed by atoms with van der Waals surface area (Å²) in [5, 5.41) is 4.54. The van der Waals surface area contributed by atoms with E-state index in [-0.39, 0.29) is 12.5 Å². The Kier molecular flexibility index (Phi) is 8.98. The van der Waals surface area contributed by atoms with Gasteiger partial charge in [-0.05, 0) is 62.8 Å². The molecular weight excluding hydrogens is 605 g/mol. The summed E-state index contributed by atoms with van der Waals surface area (Å²) in [7, 11) is 0.820. The lowest BCUT2D eigenvalue weighted by Crippen LogP contribution is -2.42. The molecule has 1 aromatic heterocycles. The van der Waals surface area contributed by atoms with Crippen LogP contribution in [-0.2, 0) is 16.6 Å². The number of hydrogen-bond acceptors (Lipinski definition) is 9. The highest BCUT2D eigenvalue weighted by atomic mass is 35.5. The highest BCUT2D eigenvalue weighted by Crippen LogP contribution is 2.39. The van der Waals surface area contributed by atoms with Gasteiger partial charge in [0.1, 0.15) is 5.03 Å². The van der Waals surface area contributed by atoms with Gasteiger partial charge in [0, 0.05) is 43.2 Å². The summed E-state index contributed by atoms with van der Waals surface area (Å²) >= 11 is 14.1. The summed E-state index contributed by atoms with van der Waals surface area (Å²) in [5.41, 5.74) is 3.37. The van der Waals surface area contributed by atoms with Crippen molar-refractivity contribution in [1.29, 1.82) is 0 Å². The average Bonchev–Trinajstić information content (AvgIpc) is 2.93. The Morgan fingerprint density at radius 2 is 1.83 bits per heavy atom. The van der Waals surface area contributed by atoms with Crippen LogP contribution >= 0.6 is 35.0 Å². The molecule has 0 atom stereocenters. The zero-order valence-corrected chi connectivity index (χ0v) is 26.0. The van der Waals surface area contributed by atoms with Crippen LogP contribution in [0.3, 0.4) is 0 Å². The Labute approximate surface area is 254 Å². The third-order valence-electron chi connectivity index (χ3n) is 7.16. The van der Waals surface area contributed by atoms with Gasteiger partial charge in [-0.15, -0.1) is 0 Å². The molecule has 1 amide bonds. The SMILES string of the molecule is CN(C)C1CCN(c2ccc(Nc3ncc4c(n3)SCN(c3c(Cl)cccc3Cl)C4=O)cc2CNS(C)(=O)=O)CC1. The highest BCUT2D eigenvalue weighted by Gasteiger charge is 2.30. The Hall–Kier alpha value is -2.61. The first-order valence-electron chi connectivity index (χ1n) is 13.0. The Bertz CT molecular complexity index is 1540. The Morgan fingerprint density at radius 1 is 1.12 bits per heavy atom. The zero-order valence-electron chi connectivity index (χ0n) is 22.9. The topological polar surface area (TPSA) is 111 Å². The molecule has 2 aliphatic rings. The van der Waals surface area contributed by atoms with E-state index in [1.165, 1.54) is 22.9 Å². The van der Waals surface area contributed by atoms with Gasteiger partial charge in [0.15, 0.2) is 0 Å². The number of carbonyl (C=O) groups excluding carboxylic acids is 1. The van der Waals surface area contributed by atoms with Crippen LogP contribution in [0.4, 0.5) is 23.0 Å². The van der Waals surface area contributed by atoms with E-state index in [1.54, 1.807) is 18.2 Å². The molecule has 2 N–H and O–H groups in total. The van der Waals surface area contributed by atoms with Crippen LogP contribution in [0.1, 0.15) is 28.8 Å². The highest BCUT2D eigenvalue weighted by molar-refractivity contribution is 7.99. The molecule has 1 fully saturated rings. The van der Waals surface area contributed by atoms with Crippen molar-refractivity contribution < 1.29 is 13.2 Å². The van der Waals surface area contributed by atoms with Gasteiger partial charge in [0.05, 0.1) is 33.4 Å². The zero-order chi connectivity index (χ0) is 29.3. The molecule has 41 heavy (non-hydrogen) atoms. The molecule has 14 heteroatoms. The van der Waals surface area contributed by atoms with E-state index < -0.39 is 10.0 Å². The summed E-state index contributed by atoms with van der Waals surface area (Å²) in [6.45, 7) is 1.93. The number of sulfonamides is 1. The fraction of sp³-hybridized carbons (Fsp3) is 0.370. The first-order chi connectivity index (χ1) is 19.5. The molecule has 10 nitrogen and oxygen atoms in total. The smallest absolute Gasteiger partial charge is 0.263 e. The monoisotopic (exact) mass is 635 g/mol. The molecule has 218 valence electrons. The number of rotatable bonds is 8. The van der Waals surface area contributed by atoms with Crippen molar-refractivity contribution in [3.05, 3.63) is 63.8 Å². The number of nitrogens with one attached hydrogen (secondary N) is 2. The second-order valence-corrected chi connectivity index (χ2v) is 13.8. The lowest BCUT2D eigenvalue weighted by molar-refractivity contribution is 0.0985. The maximum Gasteiger partial charge on any atom is 0.263 e. The van der Waals surface area contributed by atoms with E-state index in [9.17, 15) is 13.2 Å². The molecule has 0 unspecified atom stereocenters. The second-order valence-electron chi connectivity index (χ2n) is 10.2. The van der Waals surface area contributed by atoms with Crippen molar-refractivity contribution >= 4 is 73.9 Å². The number of fused-ring (bicyclic) bond motifs is 1. The third kappa shape index (κ3) is 6.90. The lowest BCUT2D eigenvalue weighted by atomic mass is 10.0. The maximum absolute atomic E-state index is 13.3. The van der Waals surface area contributed by atoms with Crippen molar-refractivity contribution in [2.75, 3.05) is 54.4 Å². The molecule has 0 radical (unpaired) electrons. The maximum atomic E-state index is 13.3. The molecule has 2 aromatic carbocycles. The molecule has 2 aliphatic heterocycles. The van der Waals surface area contributed by atoms with Gasteiger partial charge in [-0.1, -0.05) is 41.0 Å². The van der Waals surface area contributed by atoms with Crippen molar-refractivity contribution in [1.82, 2.24) is 19.6 Å². The van der Waals surface area contributed by atoms with Gasteiger partial charge in [-0.2, -0.15) is 0 Å². The number of hydrogen-bond donors (Lipinski definition) is 2. The van der Waals surface area contributed by atoms with E-state index in [2.05, 4.69) is 43.9 Å². The Balaban J connectivity index is 1.36. The molecule has 5 rings (SSSR count). The number of benzene rings is 2. The standard InChI is InChI=1S/C27H31Cl2N7O3S2/c1-34(2)19-9-11-35(12-10-19)23-8-7-18(13-17(23)14-31-41(3,38)39)32-27-30-15-20-25(33-27)40-16-36(26(20)37)24-21(28)5-4-6-22(24)29/h4-8,13,15,19,31H,9-12,14,16H2,1-3H3,(H,30,32,33). The summed E-state index contributed by atoms with van der Waals surface area (Å²) in [4.78, 5) is 28.3. The quantitative estimate of drug-likeness (QED) is 0.337. The molecule has 0 bridgehead atoms. The van der Waals surface area contributed by atoms with Gasteiger partial charge < -0.3 is 15.1 Å². The van der Waals surface area contributed by atoms with Gasteiger partial charge in [0.2, 0.25) is 16.0 Å². The van der Waals surface area contributed by atoms with Crippen LogP contribution in [-0.4, -0.2) is 74.6 Å². The molecule has 0 spiro atoms. The van der Waals surface area contributed by atoms with E-state index in [1.807, 2.05) is 18.2 Å². The van der Waals surface area contributed by atoms with Crippen LogP contribution in [0.15, 0.2) is 47.6 Å². The fourth-order valence-corrected chi connectivity index (χ4v) is 6.96. The van der Waals surface area contributed by atoms with E-state index in [0.29, 0.717) is 49.9 Å². The number of carbonyl (C=O) groups is 1. The van der Waals surface area contributed by atoms with Crippen molar-refractivity contribution in [2.45, 2.75) is 30.5 Å². The molecule has 0 saturated carbocycles. The number of thioether (sulfide) groups is 1. The van der Waals surface area contributed by atoms with Gasteiger partial charge >= 0.3 is 0 Å². The largest absolute Gasteiger partial charge is 0.371 e. The summed E-state index contributed by atoms with van der Waals surface area (Å²) < 4.78 is 26.4. The van der Waals surface area contributed by atoms with Crippen molar-refractivity contribution in [2.24, 2.45) is 0 Å². The Morgan fingerprint density at radius 3 is 2.49 bits per heavy atom. The van der Waals surface area contributed by atoms with Crippen LogP contribution < -0.4 is 19.8 Å². The molecule has 3 aromatic rings. The molecule has 1 saturated heterocycles. The predicted octanol–water partition coefficient (Wildman–Crippen LogP) is 4.82. The number of piperidine rings is 1. The van der Waals surface area contributed by atoms with Gasteiger partial charge in [-0.3, -0.25) is 9.69 Å². The summed E-state index contributed by atoms with van der Waals surface area (Å²) in [6, 6.07) is 11.5. The van der Waals surface area contributed by atoms with Crippen LogP contribution in [0, 0.1) is 0 Å². The van der Waals surface area contributed by atoms with Gasteiger partial charge in [0.25, 0.3) is 5.91 Å². The van der Waals surface area contributed by atoms with Gasteiger partial charge in [-0.25, -0.2) is 23.1 Å².